The molecule has 0 spiro atoms. The molecular formula is C23H25F3N4O3. The Hall–Kier alpha value is -3.30. The zero-order chi connectivity index (χ0) is 23.4. The maximum Gasteiger partial charge on any atom is 0.389 e. The van der Waals surface area contributed by atoms with E-state index in [2.05, 4.69) is 10.3 Å². The number of hydrogen-bond donors (Lipinski definition) is 1. The first-order valence-corrected chi connectivity index (χ1v) is 10.9. The quantitative estimate of drug-likeness (QED) is 0.717. The molecule has 0 saturated carbocycles. The number of carbonyl (C=O) groups is 2. The van der Waals surface area contributed by atoms with E-state index >= 15 is 0 Å². The molecule has 2 aliphatic rings. The van der Waals surface area contributed by atoms with Crippen LogP contribution < -0.4 is 10.1 Å². The van der Waals surface area contributed by atoms with Crippen LogP contribution in [-0.4, -0.2) is 52.1 Å². The molecule has 176 valence electrons. The van der Waals surface area contributed by atoms with E-state index in [0.717, 1.165) is 11.1 Å². The highest BCUT2D eigenvalue weighted by molar-refractivity contribution is 5.89. The summed E-state index contributed by atoms with van der Waals surface area (Å²) < 4.78 is 42.7. The van der Waals surface area contributed by atoms with Crippen molar-refractivity contribution >= 4 is 17.6 Å². The van der Waals surface area contributed by atoms with E-state index in [4.69, 9.17) is 4.74 Å². The molecular weight excluding hydrogens is 437 g/mol. The number of alkyl halides is 3. The first kappa shape index (κ1) is 22.9. The first-order chi connectivity index (χ1) is 15.8. The van der Waals surface area contributed by atoms with E-state index in [1.54, 1.807) is 17.0 Å². The number of urea groups is 1. The lowest BCUT2D eigenvalue weighted by atomic mass is 10.1. The van der Waals surface area contributed by atoms with Crippen LogP contribution in [0.5, 0.6) is 5.88 Å². The first-order valence-electron chi connectivity index (χ1n) is 10.9. The van der Waals surface area contributed by atoms with Crippen LogP contribution in [-0.2, 0) is 17.9 Å². The average molecular weight is 462 g/mol. The molecule has 2 aliphatic heterocycles. The second kappa shape index (κ2) is 9.68. The molecule has 1 fully saturated rings. The zero-order valence-electron chi connectivity index (χ0n) is 18.0. The minimum absolute atomic E-state index is 0.173. The van der Waals surface area contributed by atoms with Gasteiger partial charge in [-0.3, -0.25) is 4.79 Å². The summed E-state index contributed by atoms with van der Waals surface area (Å²) in [7, 11) is 0. The number of likely N-dealkylation sites (tertiary alicyclic amines) is 1. The van der Waals surface area contributed by atoms with Gasteiger partial charge < -0.3 is 19.9 Å². The Labute approximate surface area is 189 Å². The molecule has 7 nitrogen and oxygen atoms in total. The van der Waals surface area contributed by atoms with Crippen molar-refractivity contribution in [2.45, 2.75) is 51.1 Å². The second-order valence-corrected chi connectivity index (χ2v) is 8.25. The number of ether oxygens (including phenoxy) is 1. The predicted octanol–water partition coefficient (Wildman–Crippen LogP) is 4.34. The highest BCUT2D eigenvalue weighted by atomic mass is 19.4. The van der Waals surface area contributed by atoms with Gasteiger partial charge in [0, 0.05) is 51.5 Å². The number of piperidine rings is 1. The van der Waals surface area contributed by atoms with Gasteiger partial charge in [-0.05, 0) is 17.2 Å². The Kier molecular flexibility index (Phi) is 6.71. The van der Waals surface area contributed by atoms with E-state index in [1.165, 1.54) is 11.1 Å². The summed E-state index contributed by atoms with van der Waals surface area (Å²) in [6, 6.07) is 11.1. The van der Waals surface area contributed by atoms with Gasteiger partial charge in [0.2, 0.25) is 11.8 Å². The second-order valence-electron chi connectivity index (χ2n) is 8.25. The lowest BCUT2D eigenvalue weighted by molar-refractivity contribution is -0.150. The molecule has 1 saturated heterocycles. The number of nitrogens with one attached hydrogen (secondary N) is 1. The van der Waals surface area contributed by atoms with E-state index in [-0.39, 0.29) is 12.1 Å². The van der Waals surface area contributed by atoms with Gasteiger partial charge in [0.1, 0.15) is 6.10 Å². The molecule has 1 N–H and O–H groups in total. The van der Waals surface area contributed by atoms with Gasteiger partial charge >= 0.3 is 12.2 Å². The van der Waals surface area contributed by atoms with Gasteiger partial charge in [0.25, 0.3) is 0 Å². The summed E-state index contributed by atoms with van der Waals surface area (Å²) in [5, 5.41) is 2.84. The number of anilines is 1. The highest BCUT2D eigenvalue weighted by Gasteiger charge is 2.31. The molecule has 33 heavy (non-hydrogen) atoms. The van der Waals surface area contributed by atoms with Crippen molar-refractivity contribution in [2.24, 2.45) is 0 Å². The van der Waals surface area contributed by atoms with Crippen LogP contribution in [0.25, 0.3) is 0 Å². The maximum atomic E-state index is 12.5. The molecule has 1 aromatic carbocycles. The van der Waals surface area contributed by atoms with Crippen LogP contribution in [0.2, 0.25) is 0 Å². The molecule has 0 aliphatic carbocycles. The van der Waals surface area contributed by atoms with Crippen molar-refractivity contribution in [1.29, 1.82) is 0 Å². The van der Waals surface area contributed by atoms with Crippen molar-refractivity contribution in [2.75, 3.05) is 18.4 Å². The van der Waals surface area contributed by atoms with Crippen LogP contribution in [0.1, 0.15) is 36.8 Å². The molecule has 4 rings (SSSR count). The number of hydrogen-bond acceptors (Lipinski definition) is 4. The summed E-state index contributed by atoms with van der Waals surface area (Å²) >= 11 is 0. The summed E-state index contributed by atoms with van der Waals surface area (Å²) in [5.74, 6) is -0.0893. The van der Waals surface area contributed by atoms with E-state index < -0.39 is 24.9 Å². The van der Waals surface area contributed by atoms with Crippen LogP contribution in [0.3, 0.4) is 0 Å². The Balaban J connectivity index is 1.21. The van der Waals surface area contributed by atoms with E-state index in [9.17, 15) is 22.8 Å². The molecule has 3 heterocycles. The minimum atomic E-state index is -4.33. The molecule has 3 amide bonds. The third-order valence-electron chi connectivity index (χ3n) is 5.82. The topological polar surface area (TPSA) is 74.8 Å². The Morgan fingerprint density at radius 3 is 2.27 bits per heavy atom. The molecule has 1 aromatic heterocycles. The van der Waals surface area contributed by atoms with Crippen LogP contribution in [0.15, 0.2) is 42.6 Å². The van der Waals surface area contributed by atoms with Gasteiger partial charge in [-0.2, -0.15) is 13.2 Å². The number of halogens is 3. The molecule has 0 bridgehead atoms. The van der Waals surface area contributed by atoms with Crippen molar-refractivity contribution in [1.82, 2.24) is 14.8 Å². The summed E-state index contributed by atoms with van der Waals surface area (Å²) in [5.41, 5.74) is 2.83. The van der Waals surface area contributed by atoms with Crippen molar-refractivity contribution in [3.05, 3.63) is 53.7 Å². The largest absolute Gasteiger partial charge is 0.474 e. The zero-order valence-corrected chi connectivity index (χ0v) is 18.0. The maximum absolute atomic E-state index is 12.5. The SMILES string of the molecule is O=C(CCC(F)(F)F)N1CCC(Oc2ccc(NC(=O)N3Cc4ccccc4C3)cn2)CC1. The Morgan fingerprint density at radius 1 is 1.03 bits per heavy atom. The molecule has 0 radical (unpaired) electrons. The number of amides is 3. The van der Waals surface area contributed by atoms with Crippen molar-refractivity contribution in [3.8, 4) is 5.88 Å². The van der Waals surface area contributed by atoms with Crippen LogP contribution >= 0.6 is 0 Å². The summed E-state index contributed by atoms with van der Waals surface area (Å²) in [6.45, 7) is 1.84. The van der Waals surface area contributed by atoms with E-state index in [1.807, 2.05) is 24.3 Å². The standard InChI is InChI=1S/C23H25F3N4O3/c24-23(25,26)10-7-21(31)29-11-8-19(9-12-29)33-20-6-5-18(13-27-20)28-22(32)30-14-16-3-1-2-4-17(16)15-30/h1-6,13,19H,7-12,14-15H2,(H,28,32). The number of rotatable bonds is 5. The number of carbonyl (C=O) groups excluding carboxylic acids is 2. The fourth-order valence-corrected chi connectivity index (χ4v) is 4.00. The Bertz CT molecular complexity index is 964. The van der Waals surface area contributed by atoms with Crippen molar-refractivity contribution in [3.63, 3.8) is 0 Å². The fraction of sp³-hybridized carbons (Fsp3) is 0.435. The molecule has 10 heteroatoms. The predicted molar refractivity (Wildman–Crippen MR) is 114 cm³/mol. The Morgan fingerprint density at radius 2 is 1.70 bits per heavy atom. The summed E-state index contributed by atoms with van der Waals surface area (Å²) in [4.78, 5) is 31.9. The third kappa shape index (κ3) is 6.15. The van der Waals surface area contributed by atoms with Gasteiger partial charge in [-0.25, -0.2) is 9.78 Å². The van der Waals surface area contributed by atoms with E-state index in [0.29, 0.717) is 50.6 Å². The third-order valence-corrected chi connectivity index (χ3v) is 5.82. The molecule has 0 atom stereocenters. The number of benzene rings is 1. The van der Waals surface area contributed by atoms with Crippen LogP contribution in [0.4, 0.5) is 23.7 Å². The van der Waals surface area contributed by atoms with Gasteiger partial charge in [-0.1, -0.05) is 24.3 Å². The molecule has 0 unspecified atom stereocenters. The number of fused-ring (bicyclic) bond motifs is 1. The number of aromatic nitrogens is 1. The van der Waals surface area contributed by atoms with Crippen molar-refractivity contribution < 1.29 is 27.5 Å². The minimum Gasteiger partial charge on any atom is -0.474 e. The number of pyridine rings is 1. The highest BCUT2D eigenvalue weighted by Crippen LogP contribution is 2.25. The van der Waals surface area contributed by atoms with Gasteiger partial charge in [0.15, 0.2) is 0 Å². The average Bonchev–Trinajstić information content (AvgIpc) is 3.23. The fourth-order valence-electron chi connectivity index (χ4n) is 4.00. The van der Waals surface area contributed by atoms with Gasteiger partial charge in [0.05, 0.1) is 18.3 Å². The summed E-state index contributed by atoms with van der Waals surface area (Å²) in [6.07, 6.45) is -3.55. The monoisotopic (exact) mass is 462 g/mol. The normalized spacial score (nSPS) is 16.5. The smallest absolute Gasteiger partial charge is 0.389 e. The number of nitrogens with zero attached hydrogens (tertiary/aromatic N) is 3. The van der Waals surface area contributed by atoms with Crippen LogP contribution in [0, 0.1) is 0 Å². The molecule has 2 aromatic rings. The lowest BCUT2D eigenvalue weighted by Gasteiger charge is -2.32. The van der Waals surface area contributed by atoms with Gasteiger partial charge in [-0.15, -0.1) is 0 Å². The lowest BCUT2D eigenvalue weighted by Crippen LogP contribution is -2.42.